The Hall–Kier alpha value is -2.04. The zero-order valence-corrected chi connectivity index (χ0v) is 9.10. The van der Waals surface area contributed by atoms with E-state index < -0.39 is 6.09 Å². The molecule has 1 amide bonds. The predicted octanol–water partition coefficient (Wildman–Crippen LogP) is 2.61. The molecule has 1 aliphatic heterocycles. The molecule has 1 N–H and O–H groups in total. The quantitative estimate of drug-likeness (QED) is 0.822. The van der Waals surface area contributed by atoms with Gasteiger partial charge in [0.25, 0.3) is 0 Å². The summed E-state index contributed by atoms with van der Waals surface area (Å²) in [7, 11) is 0. The van der Waals surface area contributed by atoms with Crippen molar-refractivity contribution < 1.29 is 19.0 Å². The van der Waals surface area contributed by atoms with Crippen LogP contribution in [-0.2, 0) is 4.74 Å². The van der Waals surface area contributed by atoms with Crippen molar-refractivity contribution in [2.45, 2.75) is 12.5 Å². The van der Waals surface area contributed by atoms with E-state index in [-0.39, 0.29) is 30.6 Å². The number of aliphatic hydroxyl groups is 1. The lowest BCUT2D eigenvalue weighted by molar-refractivity contribution is 0.178. The van der Waals surface area contributed by atoms with Crippen molar-refractivity contribution in [3.8, 4) is 0 Å². The van der Waals surface area contributed by atoms with Crippen LogP contribution in [0.4, 0.5) is 14.9 Å². The lowest BCUT2D eigenvalue weighted by atomic mass is 10.1. The SMILES string of the molecule is C=C(O)CC1COC(=O)N1c1ccc(F)cc1. The highest BCUT2D eigenvalue weighted by atomic mass is 19.1. The van der Waals surface area contributed by atoms with Gasteiger partial charge in [0.1, 0.15) is 12.4 Å². The van der Waals surface area contributed by atoms with Gasteiger partial charge >= 0.3 is 6.09 Å². The number of amides is 1. The fourth-order valence-corrected chi connectivity index (χ4v) is 1.80. The summed E-state index contributed by atoms with van der Waals surface area (Å²) < 4.78 is 17.7. The molecule has 1 fully saturated rings. The van der Waals surface area contributed by atoms with Crippen LogP contribution in [0.5, 0.6) is 0 Å². The zero-order valence-electron chi connectivity index (χ0n) is 9.10. The maximum atomic E-state index is 12.8. The third-order valence-electron chi connectivity index (χ3n) is 2.54. The number of carbonyl (C=O) groups is 1. The number of rotatable bonds is 3. The summed E-state index contributed by atoms with van der Waals surface area (Å²) in [4.78, 5) is 12.9. The van der Waals surface area contributed by atoms with E-state index in [1.165, 1.54) is 29.2 Å². The normalized spacial score (nSPS) is 19.2. The number of anilines is 1. The standard InChI is InChI=1S/C12H12FNO3/c1-8(15)6-11-7-17-12(16)14(11)10-4-2-9(13)3-5-10/h2-5,11,15H,1,6-7H2. The van der Waals surface area contributed by atoms with Gasteiger partial charge in [-0.25, -0.2) is 9.18 Å². The molecule has 1 unspecified atom stereocenters. The molecule has 1 saturated heterocycles. The summed E-state index contributed by atoms with van der Waals surface area (Å²) in [6.45, 7) is 3.58. The molecule has 1 atom stereocenters. The van der Waals surface area contributed by atoms with Crippen LogP contribution in [0.2, 0.25) is 0 Å². The number of benzene rings is 1. The molecule has 1 heterocycles. The Bertz CT molecular complexity index is 444. The van der Waals surface area contributed by atoms with Crippen molar-refractivity contribution in [1.29, 1.82) is 0 Å². The average Bonchev–Trinajstić information content (AvgIpc) is 2.61. The van der Waals surface area contributed by atoms with E-state index >= 15 is 0 Å². The molecule has 0 saturated carbocycles. The predicted molar refractivity (Wildman–Crippen MR) is 60.4 cm³/mol. The molecule has 0 spiro atoms. The van der Waals surface area contributed by atoms with Gasteiger partial charge in [-0.2, -0.15) is 0 Å². The molecule has 0 aromatic heterocycles. The highest BCUT2D eigenvalue weighted by Gasteiger charge is 2.34. The smallest absolute Gasteiger partial charge is 0.414 e. The van der Waals surface area contributed by atoms with Crippen LogP contribution in [0, 0.1) is 5.82 Å². The van der Waals surface area contributed by atoms with Crippen LogP contribution in [-0.4, -0.2) is 23.8 Å². The Morgan fingerprint density at radius 2 is 2.18 bits per heavy atom. The average molecular weight is 237 g/mol. The number of aliphatic hydroxyl groups excluding tert-OH is 1. The molecule has 2 rings (SSSR count). The van der Waals surface area contributed by atoms with Crippen molar-refractivity contribution in [3.05, 3.63) is 42.4 Å². The minimum absolute atomic E-state index is 0.0135. The summed E-state index contributed by atoms with van der Waals surface area (Å²) >= 11 is 0. The van der Waals surface area contributed by atoms with Crippen LogP contribution in [0.25, 0.3) is 0 Å². The van der Waals surface area contributed by atoms with E-state index in [1.807, 2.05) is 0 Å². The Morgan fingerprint density at radius 1 is 1.53 bits per heavy atom. The van der Waals surface area contributed by atoms with E-state index in [2.05, 4.69) is 6.58 Å². The van der Waals surface area contributed by atoms with Gasteiger partial charge in [-0.3, -0.25) is 4.90 Å². The van der Waals surface area contributed by atoms with Gasteiger partial charge in [0.05, 0.1) is 11.8 Å². The summed E-state index contributed by atoms with van der Waals surface area (Å²) in [6.07, 6.45) is -0.258. The van der Waals surface area contributed by atoms with Gasteiger partial charge in [0.2, 0.25) is 0 Å². The second-order valence-corrected chi connectivity index (χ2v) is 3.85. The van der Waals surface area contributed by atoms with Crippen molar-refractivity contribution >= 4 is 11.8 Å². The second kappa shape index (κ2) is 4.45. The first-order valence-electron chi connectivity index (χ1n) is 5.16. The minimum atomic E-state index is -0.497. The molecular formula is C12H12FNO3. The third-order valence-corrected chi connectivity index (χ3v) is 2.54. The zero-order chi connectivity index (χ0) is 12.4. The van der Waals surface area contributed by atoms with Crippen molar-refractivity contribution in [3.63, 3.8) is 0 Å². The van der Waals surface area contributed by atoms with Crippen LogP contribution >= 0.6 is 0 Å². The number of ether oxygens (including phenoxy) is 1. The molecule has 1 aromatic carbocycles. The lowest BCUT2D eigenvalue weighted by Crippen LogP contribution is -2.33. The van der Waals surface area contributed by atoms with Gasteiger partial charge in [0.15, 0.2) is 0 Å². The van der Waals surface area contributed by atoms with Crippen molar-refractivity contribution in [1.82, 2.24) is 0 Å². The fourth-order valence-electron chi connectivity index (χ4n) is 1.80. The van der Waals surface area contributed by atoms with E-state index in [0.29, 0.717) is 5.69 Å². The second-order valence-electron chi connectivity index (χ2n) is 3.85. The lowest BCUT2D eigenvalue weighted by Gasteiger charge is -2.20. The summed E-state index contributed by atoms with van der Waals surface area (Å²) in [5.41, 5.74) is 0.542. The first kappa shape index (κ1) is 11.4. The molecule has 1 aliphatic rings. The molecule has 4 nitrogen and oxygen atoms in total. The number of halogens is 1. The van der Waals surface area contributed by atoms with E-state index in [0.717, 1.165) is 0 Å². The highest BCUT2D eigenvalue weighted by Crippen LogP contribution is 2.25. The number of carbonyl (C=O) groups excluding carboxylic acids is 1. The van der Waals surface area contributed by atoms with Crippen molar-refractivity contribution in [2.24, 2.45) is 0 Å². The first-order valence-corrected chi connectivity index (χ1v) is 5.16. The van der Waals surface area contributed by atoms with Gasteiger partial charge in [-0.1, -0.05) is 6.58 Å². The Labute approximate surface area is 97.9 Å². The molecule has 0 aliphatic carbocycles. The Balaban J connectivity index is 2.24. The van der Waals surface area contributed by atoms with E-state index in [4.69, 9.17) is 9.84 Å². The Morgan fingerprint density at radius 3 is 2.76 bits per heavy atom. The summed E-state index contributed by atoms with van der Waals surface area (Å²) in [5.74, 6) is -0.384. The molecule has 0 bridgehead atoms. The first-order chi connectivity index (χ1) is 8.08. The monoisotopic (exact) mass is 237 g/mol. The number of hydrogen-bond donors (Lipinski definition) is 1. The number of hydrogen-bond acceptors (Lipinski definition) is 3. The fraction of sp³-hybridized carbons (Fsp3) is 0.250. The third kappa shape index (κ3) is 2.38. The van der Waals surface area contributed by atoms with Gasteiger partial charge in [-0.05, 0) is 24.3 Å². The summed E-state index contributed by atoms with van der Waals surface area (Å²) in [6, 6.07) is 5.23. The van der Waals surface area contributed by atoms with Gasteiger partial charge in [0, 0.05) is 12.1 Å². The Kier molecular flexibility index (Phi) is 2.99. The molecule has 1 aromatic rings. The topological polar surface area (TPSA) is 49.8 Å². The number of cyclic esters (lactones) is 1. The maximum Gasteiger partial charge on any atom is 0.414 e. The molecule has 17 heavy (non-hydrogen) atoms. The highest BCUT2D eigenvalue weighted by molar-refractivity contribution is 5.90. The minimum Gasteiger partial charge on any atom is -0.513 e. The van der Waals surface area contributed by atoms with Crippen LogP contribution < -0.4 is 4.90 Å². The summed E-state index contributed by atoms with van der Waals surface area (Å²) in [5, 5.41) is 9.16. The van der Waals surface area contributed by atoms with Gasteiger partial charge in [-0.15, -0.1) is 0 Å². The van der Waals surface area contributed by atoms with Crippen LogP contribution in [0.3, 0.4) is 0 Å². The van der Waals surface area contributed by atoms with E-state index in [9.17, 15) is 9.18 Å². The maximum absolute atomic E-state index is 12.8. The van der Waals surface area contributed by atoms with Gasteiger partial charge < -0.3 is 9.84 Å². The molecule has 5 heteroatoms. The van der Waals surface area contributed by atoms with Crippen LogP contribution in [0.15, 0.2) is 36.6 Å². The van der Waals surface area contributed by atoms with E-state index in [1.54, 1.807) is 0 Å². The largest absolute Gasteiger partial charge is 0.513 e. The van der Waals surface area contributed by atoms with Crippen molar-refractivity contribution in [2.75, 3.05) is 11.5 Å². The number of nitrogens with zero attached hydrogens (tertiary/aromatic N) is 1. The molecule has 0 radical (unpaired) electrons. The van der Waals surface area contributed by atoms with Crippen LogP contribution in [0.1, 0.15) is 6.42 Å². The molecular weight excluding hydrogens is 225 g/mol. The molecule has 90 valence electrons.